The van der Waals surface area contributed by atoms with Gasteiger partial charge >= 0.3 is 0 Å². The van der Waals surface area contributed by atoms with Crippen LogP contribution < -0.4 is 5.32 Å². The first-order chi connectivity index (χ1) is 7.29. The number of hydrogen-bond acceptors (Lipinski definition) is 2. The van der Waals surface area contributed by atoms with E-state index in [9.17, 15) is 0 Å². The molecule has 0 aliphatic rings. The third-order valence-electron chi connectivity index (χ3n) is 2.87. The Bertz CT molecular complexity index is 320. The minimum atomic E-state index is 0.264. The van der Waals surface area contributed by atoms with Crippen molar-refractivity contribution in [1.29, 1.82) is 0 Å². The molecule has 1 N–H and O–H groups in total. The quantitative estimate of drug-likeness (QED) is 0.848. The van der Waals surface area contributed by atoms with Crippen LogP contribution in [0.1, 0.15) is 41.5 Å². The second kappa shape index (κ2) is 4.89. The van der Waals surface area contributed by atoms with E-state index in [1.54, 1.807) is 0 Å². The van der Waals surface area contributed by atoms with Crippen LogP contribution in [0.4, 0.5) is 5.69 Å². The average molecular weight is 223 g/mol. The molecule has 1 atom stereocenters. The maximum absolute atomic E-state index is 4.35. The third kappa shape index (κ3) is 3.87. The van der Waals surface area contributed by atoms with E-state index in [0.717, 1.165) is 12.2 Å². The first-order valence-corrected chi connectivity index (χ1v) is 6.08. The van der Waals surface area contributed by atoms with Crippen LogP contribution in [-0.2, 0) is 6.54 Å². The Morgan fingerprint density at radius 1 is 1.31 bits per heavy atom. The summed E-state index contributed by atoms with van der Waals surface area (Å²) in [5, 5.41) is 7.84. The van der Waals surface area contributed by atoms with E-state index in [1.807, 2.05) is 10.9 Å². The minimum absolute atomic E-state index is 0.264. The Hall–Kier alpha value is -0.990. The van der Waals surface area contributed by atoms with E-state index in [2.05, 4.69) is 58.2 Å². The molecule has 1 rings (SSSR count). The van der Waals surface area contributed by atoms with Gasteiger partial charge in [0, 0.05) is 18.8 Å². The monoisotopic (exact) mass is 223 g/mol. The van der Waals surface area contributed by atoms with Crippen LogP contribution in [0.5, 0.6) is 0 Å². The van der Waals surface area contributed by atoms with Gasteiger partial charge in [0.25, 0.3) is 0 Å². The smallest absolute Gasteiger partial charge is 0.0728 e. The highest BCUT2D eigenvalue weighted by atomic mass is 15.3. The van der Waals surface area contributed by atoms with Crippen molar-refractivity contribution in [1.82, 2.24) is 9.78 Å². The molecule has 1 unspecified atom stereocenters. The van der Waals surface area contributed by atoms with Gasteiger partial charge in [0.2, 0.25) is 0 Å². The van der Waals surface area contributed by atoms with E-state index >= 15 is 0 Å². The fourth-order valence-corrected chi connectivity index (χ4v) is 1.38. The van der Waals surface area contributed by atoms with E-state index < -0.39 is 0 Å². The summed E-state index contributed by atoms with van der Waals surface area (Å²) in [4.78, 5) is 0. The molecule has 16 heavy (non-hydrogen) atoms. The average Bonchev–Trinajstić information content (AvgIpc) is 2.49. The topological polar surface area (TPSA) is 29.9 Å². The summed E-state index contributed by atoms with van der Waals surface area (Å²) < 4.78 is 2.00. The van der Waals surface area contributed by atoms with E-state index in [0.29, 0.717) is 12.0 Å². The Morgan fingerprint density at radius 3 is 2.44 bits per heavy atom. The summed E-state index contributed by atoms with van der Waals surface area (Å²) in [6.45, 7) is 14.3. The Morgan fingerprint density at radius 2 is 1.94 bits per heavy atom. The van der Waals surface area contributed by atoms with Crippen molar-refractivity contribution in [2.75, 3.05) is 5.32 Å². The Kier molecular flexibility index (Phi) is 4.00. The fraction of sp³-hybridized carbons (Fsp3) is 0.769. The maximum atomic E-state index is 4.35. The van der Waals surface area contributed by atoms with Gasteiger partial charge in [-0.2, -0.15) is 5.10 Å². The molecule has 0 aromatic carbocycles. The van der Waals surface area contributed by atoms with Crippen LogP contribution in [0.3, 0.4) is 0 Å². The number of hydrogen-bond donors (Lipinski definition) is 1. The summed E-state index contributed by atoms with van der Waals surface area (Å²) in [6.07, 6.45) is 3.99. The van der Waals surface area contributed by atoms with Crippen molar-refractivity contribution in [2.24, 2.45) is 11.3 Å². The zero-order valence-electron chi connectivity index (χ0n) is 11.4. The van der Waals surface area contributed by atoms with Crippen molar-refractivity contribution in [3.8, 4) is 0 Å². The van der Waals surface area contributed by atoms with E-state index in [1.165, 1.54) is 0 Å². The minimum Gasteiger partial charge on any atom is -0.380 e. The molecular formula is C13H25N3. The normalized spacial score (nSPS) is 14.2. The van der Waals surface area contributed by atoms with Crippen LogP contribution in [0.25, 0.3) is 0 Å². The molecule has 0 amide bonds. The predicted molar refractivity (Wildman–Crippen MR) is 69.6 cm³/mol. The van der Waals surface area contributed by atoms with Crippen molar-refractivity contribution in [2.45, 2.75) is 54.1 Å². The molecule has 3 heteroatoms. The lowest BCUT2D eigenvalue weighted by Crippen LogP contribution is -2.30. The zero-order chi connectivity index (χ0) is 12.3. The maximum Gasteiger partial charge on any atom is 0.0728 e. The second-order valence-corrected chi connectivity index (χ2v) is 6.08. The molecule has 0 bridgehead atoms. The standard InChI is InChI=1S/C13H25N3/c1-10(2)8-16-9-12(7-14-16)15-11(3)13(4,5)6/h7,9-11,15H,8H2,1-6H3. The highest BCUT2D eigenvalue weighted by Gasteiger charge is 2.19. The van der Waals surface area contributed by atoms with E-state index in [-0.39, 0.29) is 5.41 Å². The molecule has 0 aliphatic carbocycles. The molecule has 0 spiro atoms. The van der Waals surface area contributed by atoms with Gasteiger partial charge in [-0.3, -0.25) is 4.68 Å². The number of anilines is 1. The molecule has 92 valence electrons. The third-order valence-corrected chi connectivity index (χ3v) is 2.87. The van der Waals surface area contributed by atoms with Gasteiger partial charge in [-0.25, -0.2) is 0 Å². The van der Waals surface area contributed by atoms with Gasteiger partial charge in [0.05, 0.1) is 11.9 Å². The largest absolute Gasteiger partial charge is 0.380 e. The number of aromatic nitrogens is 2. The predicted octanol–water partition coefficient (Wildman–Crippen LogP) is 3.39. The first-order valence-electron chi connectivity index (χ1n) is 6.08. The summed E-state index contributed by atoms with van der Waals surface area (Å²) in [5.41, 5.74) is 1.38. The van der Waals surface area contributed by atoms with Crippen LogP contribution in [0, 0.1) is 11.3 Å². The molecule has 3 nitrogen and oxygen atoms in total. The number of rotatable bonds is 4. The Labute approximate surface area is 99.2 Å². The molecular weight excluding hydrogens is 198 g/mol. The molecule has 1 aromatic heterocycles. The summed E-state index contributed by atoms with van der Waals surface area (Å²) >= 11 is 0. The van der Waals surface area contributed by atoms with Crippen LogP contribution in [0.15, 0.2) is 12.4 Å². The van der Waals surface area contributed by atoms with Gasteiger partial charge in [0.1, 0.15) is 0 Å². The summed E-state index contributed by atoms with van der Waals surface area (Å²) in [6, 6.07) is 0.434. The van der Waals surface area contributed by atoms with Gasteiger partial charge in [-0.15, -0.1) is 0 Å². The van der Waals surface area contributed by atoms with Gasteiger partial charge in [-0.1, -0.05) is 34.6 Å². The van der Waals surface area contributed by atoms with Crippen molar-refractivity contribution < 1.29 is 0 Å². The number of nitrogens with zero attached hydrogens (tertiary/aromatic N) is 2. The second-order valence-electron chi connectivity index (χ2n) is 6.08. The van der Waals surface area contributed by atoms with Crippen molar-refractivity contribution in [3.05, 3.63) is 12.4 Å². The molecule has 0 saturated heterocycles. The molecule has 0 radical (unpaired) electrons. The van der Waals surface area contributed by atoms with Crippen LogP contribution in [-0.4, -0.2) is 15.8 Å². The van der Waals surface area contributed by atoms with Crippen LogP contribution >= 0.6 is 0 Å². The van der Waals surface area contributed by atoms with Gasteiger partial charge in [0.15, 0.2) is 0 Å². The molecule has 0 aliphatic heterocycles. The number of nitrogens with one attached hydrogen (secondary N) is 1. The Balaban J connectivity index is 2.58. The summed E-state index contributed by atoms with van der Waals surface area (Å²) in [5.74, 6) is 0.632. The van der Waals surface area contributed by atoms with Crippen LogP contribution in [0.2, 0.25) is 0 Å². The van der Waals surface area contributed by atoms with E-state index in [4.69, 9.17) is 0 Å². The lowest BCUT2D eigenvalue weighted by molar-refractivity contribution is 0.359. The zero-order valence-corrected chi connectivity index (χ0v) is 11.4. The lowest BCUT2D eigenvalue weighted by atomic mass is 9.88. The van der Waals surface area contributed by atoms with Gasteiger partial charge in [-0.05, 0) is 18.3 Å². The molecule has 1 heterocycles. The molecule has 0 fully saturated rings. The van der Waals surface area contributed by atoms with Crippen molar-refractivity contribution in [3.63, 3.8) is 0 Å². The molecule has 0 saturated carbocycles. The SMILES string of the molecule is CC(C)Cn1cc(NC(C)C(C)(C)C)cn1. The molecule has 1 aromatic rings. The van der Waals surface area contributed by atoms with Crippen molar-refractivity contribution >= 4 is 5.69 Å². The first kappa shape index (κ1) is 13.1. The summed E-state index contributed by atoms with van der Waals surface area (Å²) in [7, 11) is 0. The fourth-order valence-electron chi connectivity index (χ4n) is 1.38. The highest BCUT2D eigenvalue weighted by Crippen LogP contribution is 2.22. The highest BCUT2D eigenvalue weighted by molar-refractivity contribution is 5.39. The lowest BCUT2D eigenvalue weighted by Gasteiger charge is -2.28. The van der Waals surface area contributed by atoms with Gasteiger partial charge < -0.3 is 5.32 Å².